The number of carbonyl (C=O) groups is 2. The zero-order valence-electron chi connectivity index (χ0n) is 16.8. The summed E-state index contributed by atoms with van der Waals surface area (Å²) in [6, 6.07) is 0.398. The van der Waals surface area contributed by atoms with Gasteiger partial charge in [-0.25, -0.2) is 9.59 Å². The normalized spacial score (nSPS) is 16.3. The van der Waals surface area contributed by atoms with Gasteiger partial charge in [-0.1, -0.05) is 13.3 Å². The van der Waals surface area contributed by atoms with Gasteiger partial charge in [-0.15, -0.1) is 0 Å². The SMILES string of the molecule is CCCCC1=C(C(=O)OC(C)C)C(c2cc(O)c(OC)cc2[N+](=O)[O-])NC(=O)N1. The number of unbranched alkanes of at least 4 members (excludes halogenated alkanes) is 1. The minimum Gasteiger partial charge on any atom is -0.504 e. The molecule has 1 aromatic rings. The average molecular weight is 407 g/mol. The molecule has 1 heterocycles. The molecule has 0 saturated heterocycles. The number of phenolic OH excluding ortho intramolecular Hbond substituents is 1. The van der Waals surface area contributed by atoms with Crippen molar-refractivity contribution in [1.82, 2.24) is 10.6 Å². The quantitative estimate of drug-likeness (QED) is 0.342. The van der Waals surface area contributed by atoms with Crippen molar-refractivity contribution in [3.8, 4) is 11.5 Å². The van der Waals surface area contributed by atoms with Crippen molar-refractivity contribution in [1.29, 1.82) is 0 Å². The zero-order chi connectivity index (χ0) is 21.7. The molecule has 2 amide bonds. The molecule has 10 nitrogen and oxygen atoms in total. The average Bonchev–Trinajstić information content (AvgIpc) is 2.64. The number of allylic oxidation sites excluding steroid dienone is 1. The predicted octanol–water partition coefficient (Wildman–Crippen LogP) is 3.06. The Morgan fingerprint density at radius 3 is 2.62 bits per heavy atom. The Labute approximate surface area is 168 Å². The van der Waals surface area contributed by atoms with Crippen LogP contribution < -0.4 is 15.4 Å². The minimum atomic E-state index is -1.17. The summed E-state index contributed by atoms with van der Waals surface area (Å²) in [5.74, 6) is -1.15. The number of amides is 2. The number of hydrogen-bond acceptors (Lipinski definition) is 7. The molecule has 0 fully saturated rings. The van der Waals surface area contributed by atoms with Crippen LogP contribution in [0, 0.1) is 10.1 Å². The number of esters is 1. The second-order valence-electron chi connectivity index (χ2n) is 6.82. The summed E-state index contributed by atoms with van der Waals surface area (Å²) >= 11 is 0. The molecule has 158 valence electrons. The number of nitro benzene ring substituents is 1. The van der Waals surface area contributed by atoms with Gasteiger partial charge in [0.2, 0.25) is 0 Å². The standard InChI is InChI=1S/C19H25N3O7/c1-5-6-7-12-16(18(24)29-10(2)3)17(21-19(25)20-12)11-8-14(23)15(28-4)9-13(11)22(26)27/h8-10,17,23H,5-7H2,1-4H3,(H2,20,21,25). The molecular formula is C19H25N3O7. The van der Waals surface area contributed by atoms with Crippen molar-refractivity contribution >= 4 is 17.7 Å². The van der Waals surface area contributed by atoms with Crippen LogP contribution in [0.2, 0.25) is 0 Å². The number of hydrogen-bond donors (Lipinski definition) is 3. The third-order valence-electron chi connectivity index (χ3n) is 4.33. The maximum Gasteiger partial charge on any atom is 0.338 e. The molecule has 1 aliphatic heterocycles. The summed E-state index contributed by atoms with van der Waals surface area (Å²) in [7, 11) is 1.26. The number of carbonyl (C=O) groups excluding carboxylic acids is 2. The number of nitrogens with zero attached hydrogens (tertiary/aromatic N) is 1. The summed E-state index contributed by atoms with van der Waals surface area (Å²) < 4.78 is 10.3. The van der Waals surface area contributed by atoms with Gasteiger partial charge in [0, 0.05) is 5.70 Å². The van der Waals surface area contributed by atoms with E-state index in [1.54, 1.807) is 13.8 Å². The smallest absolute Gasteiger partial charge is 0.338 e. The van der Waals surface area contributed by atoms with E-state index in [1.807, 2.05) is 6.92 Å². The monoisotopic (exact) mass is 407 g/mol. The lowest BCUT2D eigenvalue weighted by Gasteiger charge is -2.30. The lowest BCUT2D eigenvalue weighted by Crippen LogP contribution is -2.46. The summed E-state index contributed by atoms with van der Waals surface area (Å²) in [5.41, 5.74) is -0.0420. The van der Waals surface area contributed by atoms with E-state index in [9.17, 15) is 24.8 Å². The molecule has 0 saturated carbocycles. The fourth-order valence-electron chi connectivity index (χ4n) is 3.05. The van der Waals surface area contributed by atoms with Crippen molar-refractivity contribution in [3.05, 3.63) is 39.1 Å². The van der Waals surface area contributed by atoms with Crippen molar-refractivity contribution in [2.45, 2.75) is 52.2 Å². The van der Waals surface area contributed by atoms with E-state index < -0.39 is 34.8 Å². The van der Waals surface area contributed by atoms with E-state index in [1.165, 1.54) is 7.11 Å². The first kappa shape index (κ1) is 22.0. The molecule has 1 unspecified atom stereocenters. The Morgan fingerprint density at radius 2 is 2.07 bits per heavy atom. The maximum absolute atomic E-state index is 12.8. The molecule has 29 heavy (non-hydrogen) atoms. The first-order chi connectivity index (χ1) is 13.7. The van der Waals surface area contributed by atoms with Gasteiger partial charge in [0.05, 0.1) is 41.4 Å². The number of phenols is 1. The lowest BCUT2D eigenvalue weighted by molar-refractivity contribution is -0.385. The van der Waals surface area contributed by atoms with Gasteiger partial charge in [0.15, 0.2) is 11.5 Å². The fourth-order valence-corrected chi connectivity index (χ4v) is 3.05. The van der Waals surface area contributed by atoms with Crippen LogP contribution in [0.25, 0.3) is 0 Å². The van der Waals surface area contributed by atoms with Crippen LogP contribution in [0.5, 0.6) is 11.5 Å². The van der Waals surface area contributed by atoms with Crippen LogP contribution in [0.1, 0.15) is 51.6 Å². The maximum atomic E-state index is 12.8. The Balaban J connectivity index is 2.69. The molecule has 0 aliphatic carbocycles. The van der Waals surface area contributed by atoms with E-state index in [-0.39, 0.29) is 22.6 Å². The molecule has 0 bridgehead atoms. The number of aromatic hydroxyl groups is 1. The van der Waals surface area contributed by atoms with Gasteiger partial charge >= 0.3 is 12.0 Å². The molecule has 10 heteroatoms. The molecule has 1 aromatic carbocycles. The van der Waals surface area contributed by atoms with E-state index in [4.69, 9.17) is 9.47 Å². The summed E-state index contributed by atoms with van der Waals surface area (Å²) in [6.07, 6.45) is 1.46. The van der Waals surface area contributed by atoms with Crippen molar-refractivity contribution < 1.29 is 29.1 Å². The second kappa shape index (κ2) is 9.26. The highest BCUT2D eigenvalue weighted by atomic mass is 16.6. The summed E-state index contributed by atoms with van der Waals surface area (Å²) in [6.45, 7) is 5.31. The van der Waals surface area contributed by atoms with Gasteiger partial charge in [0.1, 0.15) is 0 Å². The van der Waals surface area contributed by atoms with Crippen molar-refractivity contribution in [3.63, 3.8) is 0 Å². The second-order valence-corrected chi connectivity index (χ2v) is 6.82. The van der Waals surface area contributed by atoms with Crippen molar-refractivity contribution in [2.75, 3.05) is 7.11 Å². The molecule has 0 spiro atoms. The van der Waals surface area contributed by atoms with Crippen LogP contribution in [-0.2, 0) is 9.53 Å². The predicted molar refractivity (Wildman–Crippen MR) is 104 cm³/mol. The third-order valence-corrected chi connectivity index (χ3v) is 4.33. The lowest BCUT2D eigenvalue weighted by atomic mass is 9.92. The molecule has 2 rings (SSSR count). The molecule has 0 radical (unpaired) electrons. The zero-order valence-corrected chi connectivity index (χ0v) is 16.8. The van der Waals surface area contributed by atoms with Crippen LogP contribution in [0.3, 0.4) is 0 Å². The Hall–Kier alpha value is -3.30. The highest BCUT2D eigenvalue weighted by Gasteiger charge is 2.38. The third kappa shape index (κ3) is 4.95. The number of benzene rings is 1. The molecule has 1 aliphatic rings. The van der Waals surface area contributed by atoms with Gasteiger partial charge in [-0.3, -0.25) is 10.1 Å². The fraction of sp³-hybridized carbons (Fsp3) is 0.474. The number of urea groups is 1. The van der Waals surface area contributed by atoms with E-state index in [0.29, 0.717) is 18.5 Å². The first-order valence-corrected chi connectivity index (χ1v) is 9.26. The minimum absolute atomic E-state index is 0.0483. The van der Waals surface area contributed by atoms with Gasteiger partial charge in [0.25, 0.3) is 5.69 Å². The number of rotatable bonds is 8. The largest absolute Gasteiger partial charge is 0.504 e. The highest BCUT2D eigenvalue weighted by molar-refractivity contribution is 5.95. The van der Waals surface area contributed by atoms with Crippen LogP contribution in [0.15, 0.2) is 23.4 Å². The molecule has 3 N–H and O–H groups in total. The summed E-state index contributed by atoms with van der Waals surface area (Å²) in [5, 5.41) is 27.0. The molecule has 1 atom stereocenters. The number of nitrogens with one attached hydrogen (secondary N) is 2. The number of methoxy groups -OCH3 is 1. The van der Waals surface area contributed by atoms with Gasteiger partial charge in [-0.2, -0.15) is 0 Å². The highest BCUT2D eigenvalue weighted by Crippen LogP contribution is 2.40. The Kier molecular flexibility index (Phi) is 7.03. The first-order valence-electron chi connectivity index (χ1n) is 9.26. The molecule has 0 aromatic heterocycles. The van der Waals surface area contributed by atoms with Crippen LogP contribution in [0.4, 0.5) is 10.5 Å². The van der Waals surface area contributed by atoms with Crippen LogP contribution in [-0.4, -0.2) is 35.2 Å². The Bertz CT molecular complexity index is 848. The van der Waals surface area contributed by atoms with E-state index in [0.717, 1.165) is 18.6 Å². The van der Waals surface area contributed by atoms with E-state index in [2.05, 4.69) is 10.6 Å². The summed E-state index contributed by atoms with van der Waals surface area (Å²) in [4.78, 5) is 36.0. The molecular weight excluding hydrogens is 382 g/mol. The number of ether oxygens (including phenoxy) is 2. The van der Waals surface area contributed by atoms with Crippen molar-refractivity contribution in [2.24, 2.45) is 0 Å². The van der Waals surface area contributed by atoms with Gasteiger partial charge in [-0.05, 0) is 32.8 Å². The number of nitro groups is 1. The van der Waals surface area contributed by atoms with Gasteiger partial charge < -0.3 is 25.2 Å². The Morgan fingerprint density at radius 1 is 1.38 bits per heavy atom. The van der Waals surface area contributed by atoms with Crippen LogP contribution >= 0.6 is 0 Å². The van der Waals surface area contributed by atoms with E-state index >= 15 is 0 Å². The topological polar surface area (TPSA) is 140 Å².